The number of aromatic nitrogens is 1. The van der Waals surface area contributed by atoms with Crippen LogP contribution in [0.2, 0.25) is 0 Å². The van der Waals surface area contributed by atoms with Crippen LogP contribution in [0.1, 0.15) is 21.6 Å². The number of aliphatic imine (C=N–C) groups is 1. The van der Waals surface area contributed by atoms with Crippen molar-refractivity contribution in [3.8, 4) is 5.69 Å². The molecule has 1 aliphatic heterocycles. The highest BCUT2D eigenvalue weighted by Gasteiger charge is 2.33. The number of carbonyl (C=O) groups excluding carboxylic acids is 2. The fraction of sp³-hybridized carbons (Fsp3) is 0.0909. The Hall–Kier alpha value is -4.07. The molecule has 0 radical (unpaired) electrons. The summed E-state index contributed by atoms with van der Waals surface area (Å²) in [6, 6.07) is 14.8. The Morgan fingerprint density at radius 1 is 1.03 bits per heavy atom. The van der Waals surface area contributed by atoms with E-state index in [0.29, 0.717) is 16.9 Å². The Morgan fingerprint density at radius 2 is 1.80 bits per heavy atom. The van der Waals surface area contributed by atoms with Crippen LogP contribution in [-0.4, -0.2) is 38.2 Å². The molecule has 7 nitrogen and oxygen atoms in total. The molecule has 1 N–H and O–H groups in total. The largest absolute Gasteiger partial charge is 0.478 e. The number of carboxylic acid groups (broad SMARTS) is 1. The summed E-state index contributed by atoms with van der Waals surface area (Å²) in [5, 5.41) is 9.20. The Morgan fingerprint density at radius 3 is 2.53 bits per heavy atom. The van der Waals surface area contributed by atoms with Gasteiger partial charge in [0.2, 0.25) is 0 Å². The zero-order valence-corrected chi connectivity index (χ0v) is 15.7. The van der Waals surface area contributed by atoms with E-state index in [1.807, 2.05) is 0 Å². The van der Waals surface area contributed by atoms with Crippen molar-refractivity contribution in [2.24, 2.45) is 4.99 Å². The van der Waals surface area contributed by atoms with Crippen LogP contribution in [0.25, 0.3) is 5.69 Å². The minimum absolute atomic E-state index is 0.00656. The van der Waals surface area contributed by atoms with Crippen LogP contribution in [-0.2, 0) is 17.8 Å². The Bertz CT molecular complexity index is 1180. The first-order valence-corrected chi connectivity index (χ1v) is 9.10. The molecule has 30 heavy (non-hydrogen) atoms. The van der Waals surface area contributed by atoms with Crippen LogP contribution in [0.15, 0.2) is 71.9 Å². The topological polar surface area (TPSA) is 92.0 Å². The second kappa shape index (κ2) is 7.75. The summed E-state index contributed by atoms with van der Waals surface area (Å²) in [4.78, 5) is 41.1. The van der Waals surface area contributed by atoms with Gasteiger partial charge >= 0.3 is 12.0 Å². The third-order valence-electron chi connectivity index (χ3n) is 4.76. The number of imide groups is 1. The SMILES string of the molecule is O=C(O)c1cccc(-n2cccc2CC2=NC(=O)N(Cc3ccc(F)cc3)C2=O)c1. The summed E-state index contributed by atoms with van der Waals surface area (Å²) < 4.78 is 14.8. The first-order valence-electron chi connectivity index (χ1n) is 9.10. The number of urea groups is 1. The predicted octanol–water partition coefficient (Wildman–Crippen LogP) is 3.46. The quantitative estimate of drug-likeness (QED) is 0.680. The van der Waals surface area contributed by atoms with Crippen molar-refractivity contribution < 1.29 is 23.9 Å². The smallest absolute Gasteiger partial charge is 0.351 e. The lowest BCUT2D eigenvalue weighted by Crippen LogP contribution is -2.33. The van der Waals surface area contributed by atoms with E-state index in [4.69, 9.17) is 0 Å². The normalized spacial score (nSPS) is 13.6. The molecule has 0 atom stereocenters. The van der Waals surface area contributed by atoms with Gasteiger partial charge in [0.05, 0.1) is 12.1 Å². The fourth-order valence-corrected chi connectivity index (χ4v) is 3.27. The summed E-state index contributed by atoms with van der Waals surface area (Å²) in [7, 11) is 0. The van der Waals surface area contributed by atoms with Gasteiger partial charge < -0.3 is 9.67 Å². The molecular weight excluding hydrogens is 389 g/mol. The van der Waals surface area contributed by atoms with E-state index in [2.05, 4.69) is 4.99 Å². The van der Waals surface area contributed by atoms with E-state index in [9.17, 15) is 23.9 Å². The van der Waals surface area contributed by atoms with Crippen LogP contribution in [0.4, 0.5) is 9.18 Å². The molecule has 2 aromatic carbocycles. The molecule has 2 heterocycles. The van der Waals surface area contributed by atoms with Gasteiger partial charge in [0, 0.05) is 24.0 Å². The molecule has 4 rings (SSSR count). The fourth-order valence-electron chi connectivity index (χ4n) is 3.27. The zero-order valence-electron chi connectivity index (χ0n) is 15.7. The van der Waals surface area contributed by atoms with Crippen molar-refractivity contribution in [1.82, 2.24) is 9.47 Å². The molecule has 0 fully saturated rings. The molecule has 3 amide bonds. The number of nitrogens with zero attached hydrogens (tertiary/aromatic N) is 3. The average molecular weight is 405 g/mol. The second-order valence-corrected chi connectivity index (χ2v) is 6.76. The van der Waals surface area contributed by atoms with Gasteiger partial charge in [-0.05, 0) is 48.0 Å². The molecule has 0 spiro atoms. The number of benzene rings is 2. The highest BCUT2D eigenvalue weighted by molar-refractivity contribution is 6.46. The van der Waals surface area contributed by atoms with Crippen molar-refractivity contribution in [3.05, 3.63) is 89.5 Å². The van der Waals surface area contributed by atoms with Crippen molar-refractivity contribution in [2.45, 2.75) is 13.0 Å². The van der Waals surface area contributed by atoms with Crippen LogP contribution < -0.4 is 0 Å². The molecule has 0 saturated carbocycles. The maximum Gasteiger partial charge on any atom is 0.351 e. The third-order valence-corrected chi connectivity index (χ3v) is 4.76. The molecule has 150 valence electrons. The first kappa shape index (κ1) is 19.3. The van der Waals surface area contributed by atoms with Crippen molar-refractivity contribution in [3.63, 3.8) is 0 Å². The summed E-state index contributed by atoms with van der Waals surface area (Å²) in [5.41, 5.74) is 2.15. The van der Waals surface area contributed by atoms with Gasteiger partial charge in [-0.1, -0.05) is 18.2 Å². The lowest BCUT2D eigenvalue weighted by molar-refractivity contribution is -0.121. The van der Waals surface area contributed by atoms with Gasteiger partial charge in [-0.15, -0.1) is 0 Å². The van der Waals surface area contributed by atoms with Gasteiger partial charge in [0.1, 0.15) is 11.5 Å². The van der Waals surface area contributed by atoms with E-state index < -0.39 is 23.7 Å². The number of aromatic carboxylic acids is 1. The maximum atomic E-state index is 13.1. The summed E-state index contributed by atoms with van der Waals surface area (Å²) in [6.45, 7) is 0.00656. The third kappa shape index (κ3) is 3.75. The maximum absolute atomic E-state index is 13.1. The van der Waals surface area contributed by atoms with E-state index >= 15 is 0 Å². The lowest BCUT2D eigenvalue weighted by Gasteiger charge is -2.13. The highest BCUT2D eigenvalue weighted by atomic mass is 19.1. The summed E-state index contributed by atoms with van der Waals surface area (Å²) >= 11 is 0. The minimum atomic E-state index is -1.04. The molecule has 8 heteroatoms. The number of amides is 3. The Balaban J connectivity index is 1.54. The van der Waals surface area contributed by atoms with Crippen LogP contribution in [0, 0.1) is 5.82 Å². The number of carboxylic acids is 1. The molecule has 0 bridgehead atoms. The number of hydrogen-bond donors (Lipinski definition) is 1. The van der Waals surface area contributed by atoms with Gasteiger partial charge in [-0.2, -0.15) is 4.99 Å². The Labute approximate surface area is 170 Å². The number of rotatable bonds is 6. The molecular formula is C22H16FN3O4. The van der Waals surface area contributed by atoms with Crippen LogP contribution >= 0.6 is 0 Å². The van der Waals surface area contributed by atoms with Gasteiger partial charge in [0.25, 0.3) is 5.91 Å². The first-order chi connectivity index (χ1) is 14.4. The monoisotopic (exact) mass is 405 g/mol. The molecule has 1 aliphatic rings. The van der Waals surface area contributed by atoms with Crippen LogP contribution in [0.5, 0.6) is 0 Å². The molecule has 3 aromatic rings. The van der Waals surface area contributed by atoms with Gasteiger partial charge in [-0.25, -0.2) is 14.0 Å². The van der Waals surface area contributed by atoms with Crippen molar-refractivity contribution in [1.29, 1.82) is 0 Å². The summed E-state index contributed by atoms with van der Waals surface area (Å²) in [6.07, 6.45) is 1.85. The minimum Gasteiger partial charge on any atom is -0.478 e. The highest BCUT2D eigenvalue weighted by Crippen LogP contribution is 2.19. The van der Waals surface area contributed by atoms with Crippen LogP contribution in [0.3, 0.4) is 0 Å². The second-order valence-electron chi connectivity index (χ2n) is 6.76. The molecule has 0 saturated heterocycles. The molecule has 1 aromatic heterocycles. The number of carbonyl (C=O) groups is 3. The Kier molecular flexibility index (Phi) is 4.97. The lowest BCUT2D eigenvalue weighted by atomic mass is 10.1. The summed E-state index contributed by atoms with van der Waals surface area (Å²) in [5.74, 6) is -1.94. The molecule has 0 unspecified atom stereocenters. The standard InChI is InChI=1S/C22H16FN3O4/c23-16-8-6-14(7-9-16)13-26-20(27)19(24-22(26)30)12-18-5-2-10-25(18)17-4-1-3-15(11-17)21(28)29/h1-11H,12-13H2,(H,28,29). The van der Waals surface area contributed by atoms with E-state index in [1.165, 1.54) is 36.4 Å². The molecule has 0 aliphatic carbocycles. The number of halogens is 1. The van der Waals surface area contributed by atoms with Crippen molar-refractivity contribution in [2.75, 3.05) is 0 Å². The van der Waals surface area contributed by atoms with E-state index in [-0.39, 0.29) is 24.2 Å². The predicted molar refractivity (Wildman–Crippen MR) is 106 cm³/mol. The van der Waals surface area contributed by atoms with E-state index in [0.717, 1.165) is 4.90 Å². The van der Waals surface area contributed by atoms with Gasteiger partial charge in [-0.3, -0.25) is 9.69 Å². The van der Waals surface area contributed by atoms with E-state index in [1.54, 1.807) is 35.0 Å². The van der Waals surface area contributed by atoms with Gasteiger partial charge in [0.15, 0.2) is 0 Å². The zero-order chi connectivity index (χ0) is 21.3. The number of hydrogen-bond acceptors (Lipinski definition) is 3. The average Bonchev–Trinajstić information content (AvgIpc) is 3.30. The van der Waals surface area contributed by atoms with Crippen molar-refractivity contribution >= 4 is 23.6 Å².